The van der Waals surface area contributed by atoms with Crippen LogP contribution in [-0.4, -0.2) is 34.3 Å². The molecule has 1 aromatic carbocycles. The Balaban J connectivity index is 1.76. The summed E-state index contributed by atoms with van der Waals surface area (Å²) in [4.78, 5) is 28.2. The minimum absolute atomic E-state index is 0.218. The van der Waals surface area contributed by atoms with E-state index >= 15 is 0 Å². The van der Waals surface area contributed by atoms with E-state index in [4.69, 9.17) is 9.47 Å². The van der Waals surface area contributed by atoms with E-state index < -0.39 is 0 Å². The number of aryl methyl sites for hydroxylation is 1. The van der Waals surface area contributed by atoms with E-state index in [0.29, 0.717) is 30.3 Å². The summed E-state index contributed by atoms with van der Waals surface area (Å²) < 4.78 is 12.4. The average molecular weight is 286 g/mol. The van der Waals surface area contributed by atoms with Gasteiger partial charge in [-0.15, -0.1) is 0 Å². The van der Waals surface area contributed by atoms with Crippen molar-refractivity contribution in [3.63, 3.8) is 0 Å². The topological polar surface area (TPSA) is 70.4 Å². The van der Waals surface area contributed by atoms with Crippen molar-refractivity contribution < 1.29 is 19.1 Å². The zero-order valence-corrected chi connectivity index (χ0v) is 11.5. The van der Waals surface area contributed by atoms with E-state index in [1.54, 1.807) is 36.0 Å². The van der Waals surface area contributed by atoms with Gasteiger partial charge in [0.2, 0.25) is 5.78 Å². The first kappa shape index (κ1) is 13.4. The highest BCUT2D eigenvalue weighted by molar-refractivity contribution is 6.12. The molecule has 3 rings (SSSR count). The molecule has 0 saturated carbocycles. The Labute approximate surface area is 121 Å². The van der Waals surface area contributed by atoms with Gasteiger partial charge in [0.15, 0.2) is 23.1 Å². The maximum Gasteiger partial charge on any atom is 0.205 e. The Morgan fingerprint density at radius 1 is 1.19 bits per heavy atom. The van der Waals surface area contributed by atoms with Crippen LogP contribution in [0.3, 0.4) is 0 Å². The lowest BCUT2D eigenvalue weighted by molar-refractivity contribution is 0.0886. The molecule has 6 heteroatoms. The van der Waals surface area contributed by atoms with Crippen molar-refractivity contribution >= 4 is 11.6 Å². The Bertz CT molecular complexity index is 705. The molecule has 0 amide bonds. The zero-order valence-electron chi connectivity index (χ0n) is 11.5. The van der Waals surface area contributed by atoms with Gasteiger partial charge in [0.05, 0.1) is 6.42 Å². The molecular weight excluding hydrogens is 272 g/mol. The van der Waals surface area contributed by atoms with Gasteiger partial charge < -0.3 is 14.0 Å². The predicted octanol–water partition coefficient (Wildman–Crippen LogP) is 1.65. The maximum atomic E-state index is 12.2. The third-order valence-corrected chi connectivity index (χ3v) is 3.26. The highest BCUT2D eigenvalue weighted by Crippen LogP contribution is 2.31. The van der Waals surface area contributed by atoms with Crippen LogP contribution in [0.15, 0.2) is 30.6 Å². The Morgan fingerprint density at radius 3 is 2.67 bits per heavy atom. The van der Waals surface area contributed by atoms with Crippen LogP contribution in [0.2, 0.25) is 0 Å². The van der Waals surface area contributed by atoms with Crippen molar-refractivity contribution in [1.82, 2.24) is 9.55 Å². The van der Waals surface area contributed by atoms with Crippen LogP contribution in [0.25, 0.3) is 0 Å². The van der Waals surface area contributed by atoms with Crippen molar-refractivity contribution in [2.24, 2.45) is 7.05 Å². The van der Waals surface area contributed by atoms with Crippen LogP contribution in [-0.2, 0) is 7.05 Å². The van der Waals surface area contributed by atoms with E-state index in [1.165, 1.54) is 6.20 Å². The van der Waals surface area contributed by atoms with Gasteiger partial charge in [-0.05, 0) is 18.2 Å². The van der Waals surface area contributed by atoms with Gasteiger partial charge in [-0.2, -0.15) is 0 Å². The predicted molar refractivity (Wildman–Crippen MR) is 73.9 cm³/mol. The number of imidazole rings is 1. The molecule has 6 nitrogen and oxygen atoms in total. The smallest absolute Gasteiger partial charge is 0.205 e. The summed E-state index contributed by atoms with van der Waals surface area (Å²) in [6.07, 6.45) is 2.98. The van der Waals surface area contributed by atoms with E-state index in [-0.39, 0.29) is 23.8 Å². The standard InChI is InChI=1S/C15H14N2O4/c1-17-5-4-16-15(17)12(19)9-11(18)10-2-3-13-14(8-10)21-7-6-20-13/h2-5,8H,6-7,9H2,1H3. The fraction of sp³-hybridized carbons (Fsp3) is 0.267. The second-order valence-corrected chi connectivity index (χ2v) is 4.74. The molecule has 21 heavy (non-hydrogen) atoms. The number of carbonyl (C=O) groups is 2. The Hall–Kier alpha value is -2.63. The van der Waals surface area contributed by atoms with Gasteiger partial charge in [0.1, 0.15) is 13.2 Å². The summed E-state index contributed by atoms with van der Waals surface area (Å²) in [5.41, 5.74) is 0.432. The number of hydrogen-bond donors (Lipinski definition) is 0. The summed E-state index contributed by atoms with van der Waals surface area (Å²) in [5, 5.41) is 0. The molecule has 2 heterocycles. The van der Waals surface area contributed by atoms with E-state index in [1.807, 2.05) is 0 Å². The largest absolute Gasteiger partial charge is 0.486 e. The number of nitrogens with zero attached hydrogens (tertiary/aromatic N) is 2. The highest BCUT2D eigenvalue weighted by Gasteiger charge is 2.19. The first-order chi connectivity index (χ1) is 10.1. The lowest BCUT2D eigenvalue weighted by Crippen LogP contribution is -2.16. The first-order valence-electron chi connectivity index (χ1n) is 6.58. The van der Waals surface area contributed by atoms with Crippen molar-refractivity contribution in [3.8, 4) is 11.5 Å². The number of fused-ring (bicyclic) bond motifs is 1. The highest BCUT2D eigenvalue weighted by atomic mass is 16.6. The molecule has 0 aliphatic carbocycles. The summed E-state index contributed by atoms with van der Waals surface area (Å²) in [5.74, 6) is 0.869. The Kier molecular flexibility index (Phi) is 3.43. The fourth-order valence-electron chi connectivity index (χ4n) is 2.18. The molecule has 0 N–H and O–H groups in total. The van der Waals surface area contributed by atoms with Gasteiger partial charge in [0, 0.05) is 25.0 Å². The molecule has 0 atom stereocenters. The summed E-state index contributed by atoms with van der Waals surface area (Å²) in [7, 11) is 1.72. The molecule has 0 spiro atoms. The third kappa shape index (κ3) is 2.65. The number of hydrogen-bond acceptors (Lipinski definition) is 5. The van der Waals surface area contributed by atoms with Crippen LogP contribution in [0.1, 0.15) is 27.4 Å². The van der Waals surface area contributed by atoms with Gasteiger partial charge in [-0.25, -0.2) is 4.98 Å². The lowest BCUT2D eigenvalue weighted by Gasteiger charge is -2.18. The SMILES string of the molecule is Cn1ccnc1C(=O)CC(=O)c1ccc2c(c1)OCCO2. The molecule has 0 saturated heterocycles. The number of ether oxygens (including phenoxy) is 2. The first-order valence-corrected chi connectivity index (χ1v) is 6.58. The fourth-order valence-corrected chi connectivity index (χ4v) is 2.18. The second kappa shape index (κ2) is 5.40. The third-order valence-electron chi connectivity index (χ3n) is 3.26. The normalized spacial score (nSPS) is 13.0. The van der Waals surface area contributed by atoms with Gasteiger partial charge >= 0.3 is 0 Å². The van der Waals surface area contributed by atoms with E-state index in [2.05, 4.69) is 4.98 Å². The van der Waals surface area contributed by atoms with Crippen molar-refractivity contribution in [1.29, 1.82) is 0 Å². The molecular formula is C15H14N2O4. The van der Waals surface area contributed by atoms with Crippen molar-refractivity contribution in [2.45, 2.75) is 6.42 Å². The zero-order chi connectivity index (χ0) is 14.8. The van der Waals surface area contributed by atoms with Crippen LogP contribution >= 0.6 is 0 Å². The number of aromatic nitrogens is 2. The molecule has 0 fully saturated rings. The summed E-state index contributed by atoms with van der Waals surface area (Å²) in [6, 6.07) is 4.94. The van der Waals surface area contributed by atoms with Gasteiger partial charge in [-0.3, -0.25) is 9.59 Å². The number of ketones is 2. The molecule has 2 aromatic rings. The molecule has 0 bridgehead atoms. The van der Waals surface area contributed by atoms with Crippen LogP contribution in [0.5, 0.6) is 11.5 Å². The monoisotopic (exact) mass is 286 g/mol. The van der Waals surface area contributed by atoms with Crippen LogP contribution < -0.4 is 9.47 Å². The number of rotatable bonds is 4. The molecule has 0 radical (unpaired) electrons. The van der Waals surface area contributed by atoms with Crippen molar-refractivity contribution in [3.05, 3.63) is 42.0 Å². The molecule has 1 aromatic heterocycles. The van der Waals surface area contributed by atoms with E-state index in [0.717, 1.165) is 0 Å². The summed E-state index contributed by atoms with van der Waals surface area (Å²) >= 11 is 0. The molecule has 0 unspecified atom stereocenters. The van der Waals surface area contributed by atoms with Gasteiger partial charge in [0.25, 0.3) is 0 Å². The quantitative estimate of drug-likeness (QED) is 0.631. The molecule has 1 aliphatic heterocycles. The molecule has 108 valence electrons. The van der Waals surface area contributed by atoms with Crippen LogP contribution in [0, 0.1) is 0 Å². The minimum Gasteiger partial charge on any atom is -0.486 e. The second-order valence-electron chi connectivity index (χ2n) is 4.74. The Morgan fingerprint density at radius 2 is 1.95 bits per heavy atom. The van der Waals surface area contributed by atoms with E-state index in [9.17, 15) is 9.59 Å². The minimum atomic E-state index is -0.303. The summed E-state index contributed by atoms with van der Waals surface area (Å²) in [6.45, 7) is 0.953. The van der Waals surface area contributed by atoms with Gasteiger partial charge in [-0.1, -0.05) is 0 Å². The average Bonchev–Trinajstić information content (AvgIpc) is 2.93. The lowest BCUT2D eigenvalue weighted by atomic mass is 10.0. The van der Waals surface area contributed by atoms with Crippen molar-refractivity contribution in [2.75, 3.05) is 13.2 Å². The maximum absolute atomic E-state index is 12.2. The molecule has 1 aliphatic rings. The number of carbonyl (C=O) groups excluding carboxylic acids is 2. The number of benzene rings is 1. The van der Waals surface area contributed by atoms with Crippen LogP contribution in [0.4, 0.5) is 0 Å². The number of Topliss-reactive ketones (excluding diaryl/α,β-unsaturated/α-hetero) is 2.